The molecule has 1 amide bonds. The molecule has 0 aliphatic rings. The van der Waals surface area contributed by atoms with Gasteiger partial charge in [0.05, 0.1) is 5.56 Å². The van der Waals surface area contributed by atoms with E-state index in [1.165, 1.54) is 0 Å². The molecule has 1 aromatic carbocycles. The van der Waals surface area contributed by atoms with Crippen LogP contribution in [0.5, 0.6) is 0 Å². The molecule has 0 saturated heterocycles. The number of benzene rings is 1. The van der Waals surface area contributed by atoms with Crippen LogP contribution in [0.2, 0.25) is 0 Å². The number of hydrogen-bond donors (Lipinski definition) is 1. The largest absolute Gasteiger partial charge is 0.349 e. The van der Waals surface area contributed by atoms with E-state index in [1.807, 2.05) is 37.3 Å². The zero-order chi connectivity index (χ0) is 13.5. The van der Waals surface area contributed by atoms with Crippen LogP contribution in [0.15, 0.2) is 41.8 Å². The van der Waals surface area contributed by atoms with Crippen LogP contribution in [0.4, 0.5) is 0 Å². The molecule has 98 valence electrons. The number of nitrogens with one attached hydrogen (secondary N) is 1. The summed E-state index contributed by atoms with van der Waals surface area (Å²) in [5, 5.41) is 3.03. The predicted molar refractivity (Wildman–Crippen MR) is 79.1 cm³/mol. The van der Waals surface area contributed by atoms with Crippen molar-refractivity contribution in [2.75, 3.05) is 5.75 Å². The summed E-state index contributed by atoms with van der Waals surface area (Å²) in [7, 11) is 0. The Balaban J connectivity index is 2.81. The van der Waals surface area contributed by atoms with Gasteiger partial charge in [-0.2, -0.15) is 0 Å². The maximum atomic E-state index is 12.2. The fourth-order valence-corrected chi connectivity index (χ4v) is 2.17. The second kappa shape index (κ2) is 7.27. The molecule has 1 N–H and O–H groups in total. The van der Waals surface area contributed by atoms with Crippen molar-refractivity contribution in [3.63, 3.8) is 0 Å². The third-order valence-electron chi connectivity index (χ3n) is 2.85. The standard InChI is InChI=1S/C15H21NOS/c1-5-10-18-14-9-7-6-8-13(14)15(17)16-12(4)11(2)3/h5-9,11-12H,1,10H2,2-4H3,(H,16,17)/t12-/m0/s1. The van der Waals surface area contributed by atoms with Crippen molar-refractivity contribution < 1.29 is 4.79 Å². The zero-order valence-corrected chi connectivity index (χ0v) is 12.1. The van der Waals surface area contributed by atoms with Crippen molar-refractivity contribution in [1.29, 1.82) is 0 Å². The third-order valence-corrected chi connectivity index (χ3v) is 3.92. The Labute approximate surface area is 114 Å². The van der Waals surface area contributed by atoms with Gasteiger partial charge in [-0.3, -0.25) is 4.79 Å². The number of amides is 1. The zero-order valence-electron chi connectivity index (χ0n) is 11.3. The molecular weight excluding hydrogens is 242 g/mol. The topological polar surface area (TPSA) is 29.1 Å². The molecule has 3 heteroatoms. The van der Waals surface area contributed by atoms with E-state index in [0.29, 0.717) is 5.92 Å². The van der Waals surface area contributed by atoms with E-state index in [0.717, 1.165) is 16.2 Å². The van der Waals surface area contributed by atoms with Gasteiger partial charge in [0.2, 0.25) is 0 Å². The van der Waals surface area contributed by atoms with Crippen LogP contribution in [0.25, 0.3) is 0 Å². The van der Waals surface area contributed by atoms with E-state index < -0.39 is 0 Å². The molecule has 0 heterocycles. The normalized spacial score (nSPS) is 12.2. The van der Waals surface area contributed by atoms with Gasteiger partial charge in [-0.05, 0) is 25.0 Å². The molecular formula is C15H21NOS. The van der Waals surface area contributed by atoms with E-state index in [-0.39, 0.29) is 11.9 Å². The summed E-state index contributed by atoms with van der Waals surface area (Å²) in [4.78, 5) is 13.2. The Hall–Kier alpha value is -1.22. The molecule has 18 heavy (non-hydrogen) atoms. The smallest absolute Gasteiger partial charge is 0.252 e. The van der Waals surface area contributed by atoms with Gasteiger partial charge < -0.3 is 5.32 Å². The second-order valence-corrected chi connectivity index (χ2v) is 5.66. The molecule has 0 aliphatic carbocycles. The fourth-order valence-electron chi connectivity index (χ4n) is 1.38. The molecule has 1 aromatic rings. The first-order valence-corrected chi connectivity index (χ1v) is 7.18. The lowest BCUT2D eigenvalue weighted by Crippen LogP contribution is -2.36. The molecule has 1 atom stereocenters. The third kappa shape index (κ3) is 4.22. The van der Waals surface area contributed by atoms with Crippen molar-refractivity contribution in [3.8, 4) is 0 Å². The number of carbonyl (C=O) groups is 1. The molecule has 0 radical (unpaired) electrons. The van der Waals surface area contributed by atoms with E-state index in [9.17, 15) is 4.79 Å². The summed E-state index contributed by atoms with van der Waals surface area (Å²) in [5.74, 6) is 1.25. The summed E-state index contributed by atoms with van der Waals surface area (Å²) < 4.78 is 0. The molecule has 0 aromatic heterocycles. The van der Waals surface area contributed by atoms with Crippen molar-refractivity contribution in [2.45, 2.75) is 31.7 Å². The van der Waals surface area contributed by atoms with E-state index >= 15 is 0 Å². The maximum absolute atomic E-state index is 12.2. The van der Waals surface area contributed by atoms with Crippen molar-refractivity contribution in [2.24, 2.45) is 5.92 Å². The van der Waals surface area contributed by atoms with E-state index in [4.69, 9.17) is 0 Å². The molecule has 0 spiro atoms. The van der Waals surface area contributed by atoms with Gasteiger partial charge >= 0.3 is 0 Å². The van der Waals surface area contributed by atoms with E-state index in [1.54, 1.807) is 11.8 Å². The average molecular weight is 263 g/mol. The Morgan fingerprint density at radius 1 is 1.39 bits per heavy atom. The quantitative estimate of drug-likeness (QED) is 0.626. The molecule has 1 rings (SSSR count). The van der Waals surface area contributed by atoms with E-state index in [2.05, 4.69) is 25.7 Å². The predicted octanol–water partition coefficient (Wildman–Crippen LogP) is 3.74. The minimum atomic E-state index is 0.00311. The lowest BCUT2D eigenvalue weighted by Gasteiger charge is -2.18. The summed E-state index contributed by atoms with van der Waals surface area (Å²) in [6.45, 7) is 9.93. The van der Waals surface area contributed by atoms with Crippen LogP contribution < -0.4 is 5.32 Å². The lowest BCUT2D eigenvalue weighted by atomic mass is 10.1. The van der Waals surface area contributed by atoms with Crippen molar-refractivity contribution >= 4 is 17.7 Å². The van der Waals surface area contributed by atoms with Crippen LogP contribution in [-0.4, -0.2) is 17.7 Å². The number of carbonyl (C=O) groups excluding carboxylic acids is 1. The first-order chi connectivity index (χ1) is 8.56. The maximum Gasteiger partial charge on any atom is 0.252 e. The Bertz CT molecular complexity index is 415. The number of thioether (sulfide) groups is 1. The highest BCUT2D eigenvalue weighted by Crippen LogP contribution is 2.22. The molecule has 2 nitrogen and oxygen atoms in total. The Kier molecular flexibility index (Phi) is 5.99. The van der Waals surface area contributed by atoms with Gasteiger partial charge in [-0.15, -0.1) is 18.3 Å². The minimum Gasteiger partial charge on any atom is -0.349 e. The SMILES string of the molecule is C=CCSc1ccccc1C(=O)N[C@@H](C)C(C)C. The van der Waals surface area contributed by atoms with Crippen LogP contribution >= 0.6 is 11.8 Å². The molecule has 0 saturated carbocycles. The summed E-state index contributed by atoms with van der Waals surface area (Å²) in [6, 6.07) is 7.87. The van der Waals surface area contributed by atoms with Crippen LogP contribution in [0, 0.1) is 5.92 Å². The molecule has 0 fully saturated rings. The first kappa shape index (κ1) is 14.8. The summed E-state index contributed by atoms with van der Waals surface area (Å²) >= 11 is 1.63. The minimum absolute atomic E-state index is 0.00311. The van der Waals surface area contributed by atoms with Gasteiger partial charge in [-0.25, -0.2) is 0 Å². The monoisotopic (exact) mass is 263 g/mol. The van der Waals surface area contributed by atoms with Crippen molar-refractivity contribution in [1.82, 2.24) is 5.32 Å². The first-order valence-electron chi connectivity index (χ1n) is 6.19. The number of rotatable bonds is 6. The fraction of sp³-hybridized carbons (Fsp3) is 0.400. The van der Waals surface area contributed by atoms with Gasteiger partial charge in [-0.1, -0.05) is 32.1 Å². The van der Waals surface area contributed by atoms with Gasteiger partial charge in [0.25, 0.3) is 5.91 Å². The summed E-state index contributed by atoms with van der Waals surface area (Å²) in [6.07, 6.45) is 1.84. The van der Waals surface area contributed by atoms with Crippen LogP contribution in [-0.2, 0) is 0 Å². The molecule has 0 bridgehead atoms. The average Bonchev–Trinajstić information content (AvgIpc) is 2.36. The van der Waals surface area contributed by atoms with Gasteiger partial charge in [0.1, 0.15) is 0 Å². The second-order valence-electron chi connectivity index (χ2n) is 4.60. The lowest BCUT2D eigenvalue weighted by molar-refractivity contribution is 0.0927. The highest BCUT2D eigenvalue weighted by molar-refractivity contribution is 7.99. The van der Waals surface area contributed by atoms with Gasteiger partial charge in [0.15, 0.2) is 0 Å². The Morgan fingerprint density at radius 2 is 2.06 bits per heavy atom. The van der Waals surface area contributed by atoms with Crippen LogP contribution in [0.1, 0.15) is 31.1 Å². The van der Waals surface area contributed by atoms with Crippen molar-refractivity contribution in [3.05, 3.63) is 42.5 Å². The number of hydrogen-bond acceptors (Lipinski definition) is 2. The molecule has 0 aliphatic heterocycles. The highest BCUT2D eigenvalue weighted by Gasteiger charge is 2.15. The summed E-state index contributed by atoms with van der Waals surface area (Å²) in [5.41, 5.74) is 0.747. The van der Waals surface area contributed by atoms with Crippen LogP contribution in [0.3, 0.4) is 0 Å². The highest BCUT2D eigenvalue weighted by atomic mass is 32.2. The van der Waals surface area contributed by atoms with Gasteiger partial charge in [0, 0.05) is 16.7 Å². The molecule has 0 unspecified atom stereocenters. The Morgan fingerprint density at radius 3 is 2.67 bits per heavy atom.